The normalized spacial score (nSPS) is 19.4. The van der Waals surface area contributed by atoms with Gasteiger partial charge in [0.1, 0.15) is 19.3 Å². The minimum Gasteiger partial charge on any atom is -0.486 e. The van der Waals surface area contributed by atoms with Gasteiger partial charge in [-0.05, 0) is 50.0 Å². The minimum absolute atomic E-state index is 0.0971. The van der Waals surface area contributed by atoms with Crippen LogP contribution in [-0.2, 0) is 11.2 Å². The van der Waals surface area contributed by atoms with E-state index in [2.05, 4.69) is 5.32 Å². The number of nitrogens with zero attached hydrogens (tertiary/aromatic N) is 1. The van der Waals surface area contributed by atoms with Gasteiger partial charge in [0.05, 0.1) is 6.04 Å². The molecule has 7 heteroatoms. The summed E-state index contributed by atoms with van der Waals surface area (Å²) < 4.78 is 13.2. The van der Waals surface area contributed by atoms with Gasteiger partial charge in [-0.15, -0.1) is 0 Å². The van der Waals surface area contributed by atoms with Crippen LogP contribution in [0.15, 0.2) is 47.4 Å². The van der Waals surface area contributed by atoms with E-state index in [-0.39, 0.29) is 17.7 Å². The Bertz CT molecular complexity index is 903. The summed E-state index contributed by atoms with van der Waals surface area (Å²) in [5, 5.41) is 2.87. The molecule has 1 amide bonds. The first-order valence-electron chi connectivity index (χ1n) is 9.26. The summed E-state index contributed by atoms with van der Waals surface area (Å²) in [6.45, 7) is 2.80. The first-order chi connectivity index (χ1) is 13.5. The van der Waals surface area contributed by atoms with Crippen LogP contribution in [-0.4, -0.2) is 48.3 Å². The van der Waals surface area contributed by atoms with Crippen LogP contribution >= 0.6 is 11.9 Å². The Hall–Kier alpha value is -2.51. The number of benzene rings is 2. The Morgan fingerprint density at radius 1 is 1.14 bits per heavy atom. The summed E-state index contributed by atoms with van der Waals surface area (Å²) in [7, 11) is 1.89. The number of amides is 1. The van der Waals surface area contributed by atoms with E-state index in [1.54, 1.807) is 19.1 Å². The number of Topliss-reactive ketones (excluding diaryl/α,β-unsaturated/α-hetero) is 1. The zero-order chi connectivity index (χ0) is 19.7. The molecule has 0 bridgehead atoms. The molecule has 2 aliphatic heterocycles. The summed E-state index contributed by atoms with van der Waals surface area (Å²) in [6, 6.07) is 12.0. The first-order valence-corrected chi connectivity index (χ1v) is 10.0. The Morgan fingerprint density at radius 2 is 1.82 bits per heavy atom. The van der Waals surface area contributed by atoms with Gasteiger partial charge in [0, 0.05) is 10.5 Å². The predicted octanol–water partition coefficient (Wildman–Crippen LogP) is 2.71. The highest BCUT2D eigenvalue weighted by Gasteiger charge is 2.33. The van der Waals surface area contributed by atoms with Crippen LogP contribution in [0.5, 0.6) is 11.5 Å². The zero-order valence-electron chi connectivity index (χ0n) is 15.8. The van der Waals surface area contributed by atoms with Crippen LogP contribution in [0.25, 0.3) is 0 Å². The summed E-state index contributed by atoms with van der Waals surface area (Å²) in [6.07, 6.45) is 0.549. The van der Waals surface area contributed by atoms with E-state index in [1.807, 2.05) is 41.7 Å². The molecule has 1 N–H and O–H groups in total. The van der Waals surface area contributed by atoms with Crippen molar-refractivity contribution < 1.29 is 19.1 Å². The van der Waals surface area contributed by atoms with Crippen molar-refractivity contribution in [2.24, 2.45) is 0 Å². The number of hydrogen-bond acceptors (Lipinski definition) is 6. The Balaban J connectivity index is 1.47. The molecule has 4 rings (SSSR count). The maximum atomic E-state index is 12.9. The number of ketones is 1. The monoisotopic (exact) mass is 398 g/mol. The predicted molar refractivity (Wildman–Crippen MR) is 107 cm³/mol. The Labute approximate surface area is 168 Å². The molecule has 0 saturated carbocycles. The van der Waals surface area contributed by atoms with Crippen molar-refractivity contribution in [1.29, 1.82) is 0 Å². The van der Waals surface area contributed by atoms with E-state index in [9.17, 15) is 9.59 Å². The number of carbonyl (C=O) groups excluding carboxylic acids is 2. The van der Waals surface area contributed by atoms with Gasteiger partial charge in [-0.25, -0.2) is 4.31 Å². The molecule has 0 aromatic heterocycles. The highest BCUT2D eigenvalue weighted by molar-refractivity contribution is 7.97. The smallest absolute Gasteiger partial charge is 0.239 e. The van der Waals surface area contributed by atoms with Crippen molar-refractivity contribution in [3.05, 3.63) is 53.6 Å². The quantitative estimate of drug-likeness (QED) is 0.631. The number of rotatable bonds is 4. The van der Waals surface area contributed by atoms with E-state index in [0.29, 0.717) is 25.2 Å². The standard InChI is InChI=1S/C21H22N2O4S/c1-13(20(24)14-6-4-3-5-7-14)22-21(25)16-10-15-11-17-18(27-9-8-26-17)12-19(15)28-23(16)2/h3-7,11-13,16H,8-10H2,1-2H3,(H,22,25)/t13-,16?/m0/s1. The van der Waals surface area contributed by atoms with Crippen LogP contribution in [0, 0.1) is 0 Å². The van der Waals surface area contributed by atoms with Gasteiger partial charge in [-0.1, -0.05) is 30.3 Å². The van der Waals surface area contributed by atoms with Gasteiger partial charge in [0.25, 0.3) is 0 Å². The molecule has 2 heterocycles. The fraction of sp³-hybridized carbons (Fsp3) is 0.333. The number of likely N-dealkylation sites (N-methyl/N-ethyl adjacent to an activating group) is 1. The third-order valence-corrected chi connectivity index (χ3v) is 6.05. The van der Waals surface area contributed by atoms with Gasteiger partial charge in [0.15, 0.2) is 17.3 Å². The molecule has 0 fully saturated rings. The second-order valence-corrected chi connectivity index (χ2v) is 8.12. The number of carbonyl (C=O) groups is 2. The second kappa shape index (κ2) is 7.85. The molecule has 2 aromatic rings. The second-order valence-electron chi connectivity index (χ2n) is 6.92. The maximum absolute atomic E-state index is 12.9. The first kappa shape index (κ1) is 18.8. The molecule has 28 heavy (non-hydrogen) atoms. The molecule has 2 aliphatic rings. The zero-order valence-corrected chi connectivity index (χ0v) is 16.6. The Kier molecular flexibility index (Phi) is 5.28. The maximum Gasteiger partial charge on any atom is 0.239 e. The van der Waals surface area contributed by atoms with E-state index in [1.165, 1.54) is 11.9 Å². The van der Waals surface area contributed by atoms with Crippen LogP contribution < -0.4 is 14.8 Å². The topological polar surface area (TPSA) is 67.9 Å². The van der Waals surface area contributed by atoms with Crippen LogP contribution in [0.3, 0.4) is 0 Å². The number of fused-ring (bicyclic) bond motifs is 2. The van der Waals surface area contributed by atoms with Crippen LogP contribution in [0.1, 0.15) is 22.8 Å². The van der Waals surface area contributed by atoms with Crippen molar-refractivity contribution in [2.45, 2.75) is 30.3 Å². The van der Waals surface area contributed by atoms with Crippen molar-refractivity contribution in [2.75, 3.05) is 20.3 Å². The molecule has 0 radical (unpaired) electrons. The molecule has 2 atom stereocenters. The average molecular weight is 398 g/mol. The highest BCUT2D eigenvalue weighted by atomic mass is 32.2. The van der Waals surface area contributed by atoms with Crippen LogP contribution in [0.2, 0.25) is 0 Å². The van der Waals surface area contributed by atoms with E-state index >= 15 is 0 Å². The van der Waals surface area contributed by atoms with Crippen molar-refractivity contribution in [1.82, 2.24) is 9.62 Å². The molecular formula is C21H22N2O4S. The largest absolute Gasteiger partial charge is 0.486 e. The van der Waals surface area contributed by atoms with Crippen molar-refractivity contribution in [3.8, 4) is 11.5 Å². The fourth-order valence-corrected chi connectivity index (χ4v) is 4.42. The average Bonchev–Trinajstić information content (AvgIpc) is 2.71. The lowest BCUT2D eigenvalue weighted by Crippen LogP contribution is -2.50. The lowest BCUT2D eigenvalue weighted by atomic mass is 10.0. The van der Waals surface area contributed by atoms with Gasteiger partial charge < -0.3 is 14.8 Å². The molecule has 2 aromatic carbocycles. The highest BCUT2D eigenvalue weighted by Crippen LogP contribution is 2.41. The third-order valence-electron chi connectivity index (χ3n) is 4.93. The molecule has 6 nitrogen and oxygen atoms in total. The molecule has 0 aliphatic carbocycles. The summed E-state index contributed by atoms with van der Waals surface area (Å²) >= 11 is 1.50. The molecular weight excluding hydrogens is 376 g/mol. The third kappa shape index (κ3) is 3.72. The van der Waals surface area contributed by atoms with Gasteiger partial charge in [-0.2, -0.15) is 0 Å². The molecule has 0 spiro atoms. The molecule has 1 unspecified atom stereocenters. The number of nitrogens with one attached hydrogen (secondary N) is 1. The van der Waals surface area contributed by atoms with Gasteiger partial charge in [-0.3, -0.25) is 9.59 Å². The Morgan fingerprint density at radius 3 is 2.54 bits per heavy atom. The van der Waals surface area contributed by atoms with Crippen molar-refractivity contribution >= 4 is 23.6 Å². The SMILES string of the molecule is C[C@H](NC(=O)C1Cc2cc3c(cc2SN1C)OCCO3)C(=O)c1ccccc1. The lowest BCUT2D eigenvalue weighted by Gasteiger charge is -2.33. The molecule has 146 valence electrons. The van der Waals surface area contributed by atoms with Gasteiger partial charge >= 0.3 is 0 Å². The molecule has 0 saturated heterocycles. The fourth-order valence-electron chi connectivity index (χ4n) is 3.40. The number of ether oxygens (including phenoxy) is 2. The minimum atomic E-state index is -0.588. The lowest BCUT2D eigenvalue weighted by molar-refractivity contribution is -0.124. The van der Waals surface area contributed by atoms with Crippen molar-refractivity contribution in [3.63, 3.8) is 0 Å². The summed E-state index contributed by atoms with van der Waals surface area (Å²) in [5.41, 5.74) is 1.64. The summed E-state index contributed by atoms with van der Waals surface area (Å²) in [5.74, 6) is 1.21. The number of hydrogen-bond donors (Lipinski definition) is 1. The summed E-state index contributed by atoms with van der Waals surface area (Å²) in [4.78, 5) is 26.5. The van der Waals surface area contributed by atoms with Gasteiger partial charge in [0.2, 0.25) is 5.91 Å². The van der Waals surface area contributed by atoms with E-state index < -0.39 is 6.04 Å². The van der Waals surface area contributed by atoms with E-state index in [4.69, 9.17) is 9.47 Å². The van der Waals surface area contributed by atoms with Crippen LogP contribution in [0.4, 0.5) is 0 Å². The van der Waals surface area contributed by atoms with E-state index in [0.717, 1.165) is 22.0 Å².